The van der Waals surface area contributed by atoms with Crippen molar-refractivity contribution >= 4 is 5.69 Å². The van der Waals surface area contributed by atoms with E-state index in [-0.39, 0.29) is 0 Å². The Morgan fingerprint density at radius 1 is 1.25 bits per heavy atom. The van der Waals surface area contributed by atoms with E-state index in [1.165, 1.54) is 0 Å². The Morgan fingerprint density at radius 2 is 2.05 bits per heavy atom. The third-order valence-electron chi connectivity index (χ3n) is 4.01. The topological polar surface area (TPSA) is 46.6 Å². The standard InChI is InChI=1S/C15H23N3O2/c1-7-19-8-2-13(1)12-20-15-9-14(10-17-11-15)18-5-3-16-4-6-18/h9-11,13,16H,1-8,12H2. The minimum Gasteiger partial charge on any atom is -0.492 e. The second-order valence-corrected chi connectivity index (χ2v) is 5.48. The van der Waals surface area contributed by atoms with E-state index in [9.17, 15) is 0 Å². The summed E-state index contributed by atoms with van der Waals surface area (Å²) < 4.78 is 11.3. The van der Waals surface area contributed by atoms with E-state index >= 15 is 0 Å². The first-order valence-corrected chi connectivity index (χ1v) is 7.53. The van der Waals surface area contributed by atoms with Crippen molar-refractivity contribution in [3.8, 4) is 5.75 Å². The third-order valence-corrected chi connectivity index (χ3v) is 4.01. The molecular weight excluding hydrogens is 254 g/mol. The number of aromatic nitrogens is 1. The lowest BCUT2D eigenvalue weighted by atomic mass is 10.0. The van der Waals surface area contributed by atoms with Crippen molar-refractivity contribution in [1.82, 2.24) is 10.3 Å². The molecule has 5 heteroatoms. The second kappa shape index (κ2) is 6.90. The predicted molar refractivity (Wildman–Crippen MR) is 78.4 cm³/mol. The highest BCUT2D eigenvalue weighted by Gasteiger charge is 2.15. The van der Waals surface area contributed by atoms with E-state index in [0.717, 1.165) is 70.3 Å². The summed E-state index contributed by atoms with van der Waals surface area (Å²) in [5.74, 6) is 1.50. The zero-order valence-electron chi connectivity index (χ0n) is 11.9. The summed E-state index contributed by atoms with van der Waals surface area (Å²) in [5.41, 5.74) is 1.16. The maximum Gasteiger partial charge on any atom is 0.139 e. The molecule has 1 N–H and O–H groups in total. The van der Waals surface area contributed by atoms with E-state index in [2.05, 4.69) is 21.3 Å². The molecule has 2 fully saturated rings. The number of hydrogen-bond acceptors (Lipinski definition) is 5. The molecule has 0 saturated carbocycles. The summed E-state index contributed by atoms with van der Waals surface area (Å²) in [6.07, 6.45) is 5.94. The van der Waals surface area contributed by atoms with Gasteiger partial charge in [0, 0.05) is 45.5 Å². The van der Waals surface area contributed by atoms with Crippen LogP contribution in [0.1, 0.15) is 12.8 Å². The molecule has 0 amide bonds. The van der Waals surface area contributed by atoms with Gasteiger partial charge in [-0.1, -0.05) is 0 Å². The average molecular weight is 277 g/mol. The Hall–Kier alpha value is -1.33. The molecule has 2 aliphatic rings. The molecule has 0 spiro atoms. The maximum absolute atomic E-state index is 5.92. The van der Waals surface area contributed by atoms with Gasteiger partial charge in [-0.05, 0) is 18.8 Å². The fourth-order valence-electron chi connectivity index (χ4n) is 2.71. The van der Waals surface area contributed by atoms with Gasteiger partial charge in [0.15, 0.2) is 0 Å². The smallest absolute Gasteiger partial charge is 0.139 e. The van der Waals surface area contributed by atoms with E-state index in [4.69, 9.17) is 9.47 Å². The highest BCUT2D eigenvalue weighted by Crippen LogP contribution is 2.22. The van der Waals surface area contributed by atoms with Crippen LogP contribution in [0.15, 0.2) is 18.5 Å². The average Bonchev–Trinajstić information content (AvgIpc) is 2.55. The van der Waals surface area contributed by atoms with Gasteiger partial charge < -0.3 is 19.7 Å². The van der Waals surface area contributed by atoms with Crippen LogP contribution in [-0.4, -0.2) is 51.0 Å². The molecule has 0 bridgehead atoms. The molecule has 0 radical (unpaired) electrons. The van der Waals surface area contributed by atoms with Crippen LogP contribution in [0.2, 0.25) is 0 Å². The van der Waals surface area contributed by atoms with Gasteiger partial charge in [0.25, 0.3) is 0 Å². The van der Waals surface area contributed by atoms with Gasteiger partial charge in [-0.3, -0.25) is 4.98 Å². The van der Waals surface area contributed by atoms with Gasteiger partial charge in [-0.2, -0.15) is 0 Å². The number of ether oxygens (including phenoxy) is 2. The number of pyridine rings is 1. The summed E-state index contributed by atoms with van der Waals surface area (Å²) >= 11 is 0. The Labute approximate surface area is 120 Å². The summed E-state index contributed by atoms with van der Waals surface area (Å²) in [6, 6.07) is 2.11. The molecular formula is C15H23N3O2. The number of rotatable bonds is 4. The number of nitrogens with one attached hydrogen (secondary N) is 1. The molecule has 2 saturated heterocycles. The van der Waals surface area contributed by atoms with Crippen LogP contribution >= 0.6 is 0 Å². The minimum atomic E-state index is 0.617. The largest absolute Gasteiger partial charge is 0.492 e. The summed E-state index contributed by atoms with van der Waals surface area (Å²) in [6.45, 7) is 6.65. The van der Waals surface area contributed by atoms with Crippen LogP contribution in [-0.2, 0) is 4.74 Å². The SMILES string of the molecule is c1ncc(N2CCNCC2)cc1OCC1CCOCC1. The summed E-state index contributed by atoms with van der Waals surface area (Å²) in [5, 5.41) is 3.36. The van der Waals surface area contributed by atoms with E-state index in [1.807, 2.05) is 12.4 Å². The molecule has 0 aromatic carbocycles. The van der Waals surface area contributed by atoms with Crippen molar-refractivity contribution in [3.63, 3.8) is 0 Å². The quantitative estimate of drug-likeness (QED) is 0.899. The molecule has 2 aliphatic heterocycles. The van der Waals surface area contributed by atoms with Crippen LogP contribution in [0.4, 0.5) is 5.69 Å². The molecule has 3 rings (SSSR count). The van der Waals surface area contributed by atoms with Crippen molar-refractivity contribution in [2.45, 2.75) is 12.8 Å². The molecule has 1 aromatic heterocycles. The van der Waals surface area contributed by atoms with Gasteiger partial charge >= 0.3 is 0 Å². The normalized spacial score (nSPS) is 20.9. The number of piperazine rings is 1. The minimum absolute atomic E-state index is 0.617. The maximum atomic E-state index is 5.92. The zero-order valence-corrected chi connectivity index (χ0v) is 11.9. The fourth-order valence-corrected chi connectivity index (χ4v) is 2.71. The second-order valence-electron chi connectivity index (χ2n) is 5.48. The third kappa shape index (κ3) is 3.61. The first-order valence-electron chi connectivity index (χ1n) is 7.53. The summed E-state index contributed by atoms with van der Waals surface area (Å²) in [7, 11) is 0. The lowest BCUT2D eigenvalue weighted by molar-refractivity contribution is 0.0497. The molecule has 0 aliphatic carbocycles. The number of hydrogen-bond donors (Lipinski definition) is 1. The van der Waals surface area contributed by atoms with Gasteiger partial charge in [-0.25, -0.2) is 0 Å². The molecule has 0 unspecified atom stereocenters. The fraction of sp³-hybridized carbons (Fsp3) is 0.667. The van der Waals surface area contributed by atoms with Gasteiger partial charge in [0.2, 0.25) is 0 Å². The monoisotopic (exact) mass is 277 g/mol. The van der Waals surface area contributed by atoms with Crippen LogP contribution in [0.5, 0.6) is 5.75 Å². The first-order chi connectivity index (χ1) is 9.92. The number of anilines is 1. The van der Waals surface area contributed by atoms with Crippen molar-refractivity contribution in [2.24, 2.45) is 5.92 Å². The number of nitrogens with zero attached hydrogens (tertiary/aromatic N) is 2. The molecule has 3 heterocycles. The van der Waals surface area contributed by atoms with Crippen molar-refractivity contribution < 1.29 is 9.47 Å². The molecule has 1 aromatic rings. The Balaban J connectivity index is 1.56. The van der Waals surface area contributed by atoms with Gasteiger partial charge in [0.05, 0.1) is 24.7 Å². The van der Waals surface area contributed by atoms with Crippen molar-refractivity contribution in [3.05, 3.63) is 18.5 Å². The highest BCUT2D eigenvalue weighted by molar-refractivity contribution is 5.48. The predicted octanol–water partition coefficient (Wildman–Crippen LogP) is 1.30. The molecule has 20 heavy (non-hydrogen) atoms. The molecule has 110 valence electrons. The molecule has 0 atom stereocenters. The van der Waals surface area contributed by atoms with E-state index < -0.39 is 0 Å². The van der Waals surface area contributed by atoms with E-state index in [0.29, 0.717) is 5.92 Å². The first kappa shape index (κ1) is 13.6. The Kier molecular flexibility index (Phi) is 4.71. The lowest BCUT2D eigenvalue weighted by Crippen LogP contribution is -2.43. The van der Waals surface area contributed by atoms with Crippen LogP contribution < -0.4 is 15.0 Å². The van der Waals surface area contributed by atoms with Crippen molar-refractivity contribution in [2.75, 3.05) is 50.9 Å². The summed E-state index contributed by atoms with van der Waals surface area (Å²) in [4.78, 5) is 6.66. The van der Waals surface area contributed by atoms with Crippen LogP contribution in [0, 0.1) is 5.92 Å². The van der Waals surface area contributed by atoms with Crippen LogP contribution in [0.3, 0.4) is 0 Å². The van der Waals surface area contributed by atoms with Crippen molar-refractivity contribution in [1.29, 1.82) is 0 Å². The zero-order chi connectivity index (χ0) is 13.6. The van der Waals surface area contributed by atoms with Gasteiger partial charge in [-0.15, -0.1) is 0 Å². The Morgan fingerprint density at radius 3 is 2.85 bits per heavy atom. The molecule has 5 nitrogen and oxygen atoms in total. The Bertz CT molecular complexity index is 415. The van der Waals surface area contributed by atoms with Gasteiger partial charge in [0.1, 0.15) is 5.75 Å². The van der Waals surface area contributed by atoms with Crippen LogP contribution in [0.25, 0.3) is 0 Å². The highest BCUT2D eigenvalue weighted by atomic mass is 16.5. The lowest BCUT2D eigenvalue weighted by Gasteiger charge is -2.29. The van der Waals surface area contributed by atoms with E-state index in [1.54, 1.807) is 0 Å².